The average Bonchev–Trinajstić information content (AvgIpc) is 3.42. The van der Waals surface area contributed by atoms with Crippen LogP contribution in [-0.2, 0) is 22.5 Å². The average molecular weight is 476 g/mol. The number of aromatic nitrogens is 3. The Morgan fingerprint density at radius 1 is 1.12 bits per heavy atom. The fourth-order valence-corrected chi connectivity index (χ4v) is 5.25. The van der Waals surface area contributed by atoms with Crippen molar-refractivity contribution in [2.24, 2.45) is 0 Å². The molecule has 2 aromatic carbocycles. The molecule has 0 radical (unpaired) electrons. The van der Waals surface area contributed by atoms with Gasteiger partial charge in [0.15, 0.2) is 5.82 Å². The van der Waals surface area contributed by atoms with Crippen molar-refractivity contribution in [1.29, 1.82) is 0 Å². The van der Waals surface area contributed by atoms with Gasteiger partial charge in [0.1, 0.15) is 0 Å². The maximum atomic E-state index is 13.2. The molecule has 0 saturated heterocycles. The van der Waals surface area contributed by atoms with Crippen molar-refractivity contribution < 1.29 is 14.3 Å². The summed E-state index contributed by atoms with van der Waals surface area (Å²) in [5.41, 5.74) is 2.95. The Morgan fingerprint density at radius 2 is 1.85 bits per heavy atom. The zero-order valence-corrected chi connectivity index (χ0v) is 19.6. The van der Waals surface area contributed by atoms with E-state index in [0.717, 1.165) is 26.7 Å². The molecule has 0 spiro atoms. The molecule has 0 fully saturated rings. The second-order valence-corrected chi connectivity index (χ2v) is 9.12. The van der Waals surface area contributed by atoms with Crippen LogP contribution in [-0.4, -0.2) is 44.7 Å². The van der Waals surface area contributed by atoms with Crippen molar-refractivity contribution in [1.82, 2.24) is 24.8 Å². The number of nitrogens with zero attached hydrogens (tertiary/aromatic N) is 4. The predicted octanol–water partition coefficient (Wildman–Crippen LogP) is 4.22. The number of esters is 1. The summed E-state index contributed by atoms with van der Waals surface area (Å²) < 4.78 is 7.02. The van der Waals surface area contributed by atoms with Crippen LogP contribution in [0.2, 0.25) is 0 Å². The minimum Gasteiger partial charge on any atom is -0.466 e. The minimum absolute atomic E-state index is 0.0850. The minimum atomic E-state index is -0.454. The third kappa shape index (κ3) is 4.51. The smallest absolute Gasteiger partial charge is 0.318 e. The normalized spacial score (nSPS) is 14.0. The van der Waals surface area contributed by atoms with Gasteiger partial charge in [-0.25, -0.2) is 9.31 Å². The van der Waals surface area contributed by atoms with Crippen molar-refractivity contribution >= 4 is 28.3 Å². The number of amides is 2. The molecule has 0 bridgehead atoms. The van der Waals surface area contributed by atoms with Crippen molar-refractivity contribution in [3.8, 4) is 11.4 Å². The SMILES string of the molecule is CCOC(=O)C[C@@H](NC(=O)N1CCc2c(sc3nc(-c4ccccc4)nn23)C1)c1ccccc1. The second-order valence-electron chi connectivity index (χ2n) is 8.06. The molecular weight excluding hydrogens is 450 g/mol. The van der Waals surface area contributed by atoms with E-state index >= 15 is 0 Å². The summed E-state index contributed by atoms with van der Waals surface area (Å²) >= 11 is 1.56. The van der Waals surface area contributed by atoms with Gasteiger partial charge in [-0.15, -0.1) is 5.10 Å². The van der Waals surface area contributed by atoms with Crippen LogP contribution in [0.5, 0.6) is 0 Å². The Bertz CT molecular complexity index is 1300. The van der Waals surface area contributed by atoms with E-state index in [0.29, 0.717) is 31.9 Å². The number of urea groups is 1. The summed E-state index contributed by atoms with van der Waals surface area (Å²) in [5.74, 6) is 0.372. The first-order chi connectivity index (χ1) is 16.6. The highest BCUT2D eigenvalue weighted by Crippen LogP contribution is 2.30. The molecule has 34 heavy (non-hydrogen) atoms. The van der Waals surface area contributed by atoms with Gasteiger partial charge in [-0.2, -0.15) is 4.98 Å². The van der Waals surface area contributed by atoms with Crippen LogP contribution < -0.4 is 5.32 Å². The molecule has 0 aliphatic carbocycles. The number of ether oxygens (including phenoxy) is 1. The van der Waals surface area contributed by atoms with Gasteiger partial charge in [-0.3, -0.25) is 4.79 Å². The van der Waals surface area contributed by atoms with Gasteiger partial charge in [0.05, 0.1) is 31.3 Å². The molecule has 3 heterocycles. The van der Waals surface area contributed by atoms with Crippen LogP contribution in [0.25, 0.3) is 16.3 Å². The highest BCUT2D eigenvalue weighted by Gasteiger charge is 2.28. The quantitative estimate of drug-likeness (QED) is 0.422. The van der Waals surface area contributed by atoms with Crippen LogP contribution in [0, 0.1) is 0 Å². The molecule has 2 aromatic heterocycles. The summed E-state index contributed by atoms with van der Waals surface area (Å²) in [4.78, 5) is 33.7. The molecule has 8 nitrogen and oxygen atoms in total. The van der Waals surface area contributed by atoms with E-state index < -0.39 is 6.04 Å². The van der Waals surface area contributed by atoms with Gasteiger partial charge in [0.25, 0.3) is 0 Å². The summed E-state index contributed by atoms with van der Waals surface area (Å²) in [6.07, 6.45) is 0.774. The van der Waals surface area contributed by atoms with Gasteiger partial charge < -0.3 is 15.0 Å². The van der Waals surface area contributed by atoms with Crippen LogP contribution in [0.15, 0.2) is 60.7 Å². The first-order valence-corrected chi connectivity index (χ1v) is 12.1. The fourth-order valence-electron chi connectivity index (χ4n) is 4.14. The molecule has 1 aliphatic heterocycles. The molecule has 174 valence electrons. The summed E-state index contributed by atoms with van der Waals surface area (Å²) in [5, 5.41) is 7.74. The highest BCUT2D eigenvalue weighted by molar-refractivity contribution is 7.17. The maximum absolute atomic E-state index is 13.2. The van der Waals surface area contributed by atoms with Crippen LogP contribution in [0.1, 0.15) is 35.5 Å². The van der Waals surface area contributed by atoms with Gasteiger partial charge in [0, 0.05) is 23.4 Å². The Morgan fingerprint density at radius 3 is 2.59 bits per heavy atom. The van der Waals surface area contributed by atoms with E-state index in [1.165, 1.54) is 0 Å². The number of hydrogen-bond acceptors (Lipinski definition) is 6. The first-order valence-electron chi connectivity index (χ1n) is 11.3. The lowest BCUT2D eigenvalue weighted by atomic mass is 10.0. The number of nitrogens with one attached hydrogen (secondary N) is 1. The van der Waals surface area contributed by atoms with E-state index in [9.17, 15) is 9.59 Å². The van der Waals surface area contributed by atoms with Gasteiger partial charge in [-0.1, -0.05) is 72.0 Å². The van der Waals surface area contributed by atoms with E-state index in [1.54, 1.807) is 23.2 Å². The van der Waals surface area contributed by atoms with E-state index in [2.05, 4.69) is 5.32 Å². The molecular formula is C25H25N5O3S. The zero-order chi connectivity index (χ0) is 23.5. The number of carbonyl (C=O) groups excluding carboxylic acids is 2. The largest absolute Gasteiger partial charge is 0.466 e. The predicted molar refractivity (Wildman–Crippen MR) is 129 cm³/mol. The molecule has 1 N–H and O–H groups in total. The van der Waals surface area contributed by atoms with Crippen molar-refractivity contribution in [3.05, 3.63) is 76.8 Å². The fraction of sp³-hybridized carbons (Fsp3) is 0.280. The number of carbonyl (C=O) groups is 2. The first kappa shape index (κ1) is 22.1. The van der Waals surface area contributed by atoms with Gasteiger partial charge in [-0.05, 0) is 12.5 Å². The monoisotopic (exact) mass is 475 g/mol. The van der Waals surface area contributed by atoms with Crippen LogP contribution in [0.4, 0.5) is 4.79 Å². The molecule has 9 heteroatoms. The molecule has 1 atom stereocenters. The third-order valence-electron chi connectivity index (χ3n) is 5.82. The highest BCUT2D eigenvalue weighted by atomic mass is 32.1. The summed E-state index contributed by atoms with van der Waals surface area (Å²) in [7, 11) is 0. The van der Waals surface area contributed by atoms with Crippen LogP contribution in [0.3, 0.4) is 0 Å². The van der Waals surface area contributed by atoms with E-state index in [4.69, 9.17) is 14.8 Å². The molecule has 2 amide bonds. The van der Waals surface area contributed by atoms with Gasteiger partial charge in [0.2, 0.25) is 4.96 Å². The summed E-state index contributed by atoms with van der Waals surface area (Å²) in [6, 6.07) is 18.8. The van der Waals surface area contributed by atoms with E-state index in [-0.39, 0.29) is 18.4 Å². The Balaban J connectivity index is 1.31. The maximum Gasteiger partial charge on any atom is 0.318 e. The Labute approximate surface area is 201 Å². The van der Waals surface area contributed by atoms with Gasteiger partial charge >= 0.3 is 12.0 Å². The number of hydrogen-bond donors (Lipinski definition) is 1. The van der Waals surface area contributed by atoms with Crippen molar-refractivity contribution in [2.75, 3.05) is 13.2 Å². The molecule has 0 saturated carbocycles. The molecule has 1 aliphatic rings. The third-order valence-corrected chi connectivity index (χ3v) is 6.88. The van der Waals surface area contributed by atoms with Crippen LogP contribution >= 0.6 is 11.3 Å². The lowest BCUT2D eigenvalue weighted by Crippen LogP contribution is -2.44. The number of benzene rings is 2. The van der Waals surface area contributed by atoms with Crippen molar-refractivity contribution in [3.63, 3.8) is 0 Å². The Kier molecular flexibility index (Phi) is 6.27. The lowest BCUT2D eigenvalue weighted by Gasteiger charge is -2.29. The molecule has 5 rings (SSSR count). The Hall–Kier alpha value is -3.72. The zero-order valence-electron chi connectivity index (χ0n) is 18.8. The standard InChI is InChI=1S/C25H25N5O3S/c1-2-33-22(31)15-19(17-9-5-3-6-10-17)26-24(32)29-14-13-20-21(16-29)34-25-27-23(28-30(20)25)18-11-7-4-8-12-18/h3-12,19H,2,13-16H2,1H3,(H,26,32)/t19-/m1/s1. The van der Waals surface area contributed by atoms with Crippen molar-refractivity contribution in [2.45, 2.75) is 32.4 Å². The molecule has 0 unspecified atom stereocenters. The second kappa shape index (κ2) is 9.64. The topological polar surface area (TPSA) is 88.8 Å². The van der Waals surface area contributed by atoms with E-state index in [1.807, 2.05) is 65.2 Å². The summed E-state index contributed by atoms with van der Waals surface area (Å²) in [6.45, 7) is 3.13. The lowest BCUT2D eigenvalue weighted by molar-refractivity contribution is -0.143. The number of rotatable bonds is 6. The number of thiazole rings is 1. The molecule has 4 aromatic rings. The number of fused-ring (bicyclic) bond motifs is 3.